The number of amides is 1. The van der Waals surface area contributed by atoms with Crippen molar-refractivity contribution in [2.45, 2.75) is 32.1 Å². The van der Waals surface area contributed by atoms with E-state index in [1.54, 1.807) is 18.2 Å². The molecule has 126 valence electrons. The molecule has 0 fully saturated rings. The predicted octanol–water partition coefficient (Wildman–Crippen LogP) is 2.59. The van der Waals surface area contributed by atoms with Crippen LogP contribution in [0.15, 0.2) is 53.6 Å². The van der Waals surface area contributed by atoms with E-state index in [1.165, 1.54) is 30.3 Å². The summed E-state index contributed by atoms with van der Waals surface area (Å²) in [7, 11) is 0. The smallest absolute Gasteiger partial charge is 0.273 e. The molecule has 1 aromatic heterocycles. The summed E-state index contributed by atoms with van der Waals surface area (Å²) in [5, 5.41) is 0.485. The van der Waals surface area contributed by atoms with E-state index in [0.29, 0.717) is 10.9 Å². The minimum Gasteiger partial charge on any atom is -0.273 e. The highest BCUT2D eigenvalue weighted by atomic mass is 16.2. The van der Waals surface area contributed by atoms with Crippen molar-refractivity contribution in [2.75, 3.05) is 5.43 Å². The minimum atomic E-state index is -0.274. The number of nitrogens with zero attached hydrogens (tertiary/aromatic N) is 2. The molecule has 0 unspecified atom stereocenters. The first kappa shape index (κ1) is 15.6. The van der Waals surface area contributed by atoms with Gasteiger partial charge in [-0.1, -0.05) is 30.3 Å². The summed E-state index contributed by atoms with van der Waals surface area (Å²) < 4.78 is 1.16. The number of carbonyl (C=O) groups is 1. The van der Waals surface area contributed by atoms with Crippen molar-refractivity contribution in [1.82, 2.24) is 9.66 Å². The van der Waals surface area contributed by atoms with Crippen LogP contribution in [0.5, 0.6) is 0 Å². The third-order valence-corrected chi connectivity index (χ3v) is 4.69. The Morgan fingerprint density at radius 3 is 2.76 bits per heavy atom. The quantitative estimate of drug-likeness (QED) is 0.801. The monoisotopic (exact) mass is 333 g/mol. The summed E-state index contributed by atoms with van der Waals surface area (Å²) in [5.74, 6) is -0.227. The van der Waals surface area contributed by atoms with Crippen molar-refractivity contribution in [2.24, 2.45) is 0 Å². The fourth-order valence-electron chi connectivity index (χ4n) is 3.40. The number of carbonyl (C=O) groups excluding carboxylic acids is 1. The van der Waals surface area contributed by atoms with Gasteiger partial charge in [0, 0.05) is 0 Å². The lowest BCUT2D eigenvalue weighted by atomic mass is 9.90. The Hall–Kier alpha value is -2.95. The number of hydrogen-bond acceptors (Lipinski definition) is 3. The molecule has 0 spiro atoms. The molecule has 0 saturated heterocycles. The van der Waals surface area contributed by atoms with Gasteiger partial charge < -0.3 is 0 Å². The Balaban J connectivity index is 1.53. The van der Waals surface area contributed by atoms with Crippen molar-refractivity contribution >= 4 is 16.8 Å². The van der Waals surface area contributed by atoms with Gasteiger partial charge in [-0.25, -0.2) is 9.66 Å². The maximum atomic E-state index is 12.4. The number of aromatic nitrogens is 2. The van der Waals surface area contributed by atoms with Crippen molar-refractivity contribution in [3.05, 3.63) is 75.8 Å². The van der Waals surface area contributed by atoms with Gasteiger partial charge in [-0.15, -0.1) is 0 Å². The van der Waals surface area contributed by atoms with Crippen LogP contribution in [-0.4, -0.2) is 15.6 Å². The molecule has 1 heterocycles. The number of aryl methyl sites for hydroxylation is 2. The zero-order valence-electron chi connectivity index (χ0n) is 13.9. The van der Waals surface area contributed by atoms with Gasteiger partial charge in [0.05, 0.1) is 17.3 Å². The number of benzene rings is 2. The molecule has 0 aliphatic heterocycles. The van der Waals surface area contributed by atoms with Crippen LogP contribution in [0.3, 0.4) is 0 Å². The third-order valence-electron chi connectivity index (χ3n) is 4.69. The second-order valence-corrected chi connectivity index (χ2v) is 6.46. The van der Waals surface area contributed by atoms with Gasteiger partial charge in [0.15, 0.2) is 0 Å². The van der Waals surface area contributed by atoms with E-state index in [4.69, 9.17) is 0 Å². The van der Waals surface area contributed by atoms with Crippen LogP contribution in [0.2, 0.25) is 0 Å². The van der Waals surface area contributed by atoms with Gasteiger partial charge in [0.2, 0.25) is 5.91 Å². The van der Waals surface area contributed by atoms with Crippen LogP contribution < -0.4 is 11.0 Å². The van der Waals surface area contributed by atoms with Crippen LogP contribution in [0.4, 0.5) is 0 Å². The number of nitrogens with one attached hydrogen (secondary N) is 1. The molecular weight excluding hydrogens is 314 g/mol. The molecule has 1 aliphatic rings. The Bertz CT molecular complexity index is 1010. The van der Waals surface area contributed by atoms with E-state index < -0.39 is 0 Å². The Labute approximate surface area is 145 Å². The third kappa shape index (κ3) is 3.18. The van der Waals surface area contributed by atoms with Crippen molar-refractivity contribution in [1.29, 1.82) is 0 Å². The van der Waals surface area contributed by atoms with Crippen LogP contribution in [0.1, 0.15) is 29.5 Å². The summed E-state index contributed by atoms with van der Waals surface area (Å²) >= 11 is 0. The average Bonchev–Trinajstić information content (AvgIpc) is 2.64. The molecule has 4 rings (SSSR count). The highest BCUT2D eigenvalue weighted by Crippen LogP contribution is 2.22. The van der Waals surface area contributed by atoms with Gasteiger partial charge in [0.25, 0.3) is 5.56 Å². The van der Waals surface area contributed by atoms with E-state index in [2.05, 4.69) is 22.5 Å². The fraction of sp³-hybridized carbons (Fsp3) is 0.250. The van der Waals surface area contributed by atoms with E-state index in [-0.39, 0.29) is 17.9 Å². The second kappa shape index (κ2) is 6.51. The fourth-order valence-corrected chi connectivity index (χ4v) is 3.40. The Morgan fingerprint density at radius 1 is 1.08 bits per heavy atom. The highest BCUT2D eigenvalue weighted by Gasteiger charge is 2.12. The molecule has 0 saturated carbocycles. The molecule has 1 aliphatic carbocycles. The van der Waals surface area contributed by atoms with Crippen LogP contribution in [0, 0.1) is 0 Å². The van der Waals surface area contributed by atoms with Gasteiger partial charge in [-0.2, -0.15) is 0 Å². The maximum Gasteiger partial charge on any atom is 0.280 e. The average molecular weight is 333 g/mol. The first-order chi connectivity index (χ1) is 12.2. The van der Waals surface area contributed by atoms with E-state index >= 15 is 0 Å². The summed E-state index contributed by atoms with van der Waals surface area (Å²) in [6, 6.07) is 13.3. The number of para-hydroxylation sites is 1. The topological polar surface area (TPSA) is 64.0 Å². The molecule has 25 heavy (non-hydrogen) atoms. The van der Waals surface area contributed by atoms with Gasteiger partial charge in [-0.05, 0) is 54.5 Å². The summed E-state index contributed by atoms with van der Waals surface area (Å²) in [5.41, 5.74) is 6.69. The normalized spacial score (nSPS) is 13.4. The Morgan fingerprint density at radius 2 is 1.88 bits per heavy atom. The molecule has 0 atom stereocenters. The molecule has 5 nitrogen and oxygen atoms in total. The highest BCUT2D eigenvalue weighted by molar-refractivity contribution is 5.86. The Kier molecular flexibility index (Phi) is 4.06. The second-order valence-electron chi connectivity index (χ2n) is 6.46. The molecule has 3 aromatic rings. The summed E-state index contributed by atoms with van der Waals surface area (Å²) in [6.45, 7) is 0. The molecular formula is C20H19N3O2. The van der Waals surface area contributed by atoms with Crippen molar-refractivity contribution in [3.8, 4) is 0 Å². The van der Waals surface area contributed by atoms with E-state index in [0.717, 1.165) is 23.1 Å². The molecule has 1 N–H and O–H groups in total. The largest absolute Gasteiger partial charge is 0.280 e. The molecule has 2 aromatic carbocycles. The lowest BCUT2D eigenvalue weighted by Crippen LogP contribution is -2.34. The molecule has 0 bridgehead atoms. The van der Waals surface area contributed by atoms with Crippen molar-refractivity contribution in [3.63, 3.8) is 0 Å². The molecule has 0 radical (unpaired) electrons. The standard InChI is InChI=1S/C20H19N3O2/c24-19(12-14-9-10-15-5-1-2-6-16(15)11-14)22-23-13-21-18-8-4-3-7-17(18)20(23)25/h3-4,7-11,13H,1-2,5-6,12H2,(H,22,24). The van der Waals surface area contributed by atoms with Crippen LogP contribution in [-0.2, 0) is 24.1 Å². The lowest BCUT2D eigenvalue weighted by molar-refractivity contribution is -0.116. The first-order valence-electron chi connectivity index (χ1n) is 8.58. The van der Waals surface area contributed by atoms with Crippen LogP contribution >= 0.6 is 0 Å². The SMILES string of the molecule is O=C(Cc1ccc2c(c1)CCCC2)Nn1cnc2ccccc2c1=O. The number of fused-ring (bicyclic) bond motifs is 2. The zero-order valence-corrected chi connectivity index (χ0v) is 13.9. The number of rotatable bonds is 3. The zero-order chi connectivity index (χ0) is 17.2. The lowest BCUT2D eigenvalue weighted by Gasteiger charge is -2.16. The van der Waals surface area contributed by atoms with E-state index in [9.17, 15) is 9.59 Å². The predicted molar refractivity (Wildman–Crippen MR) is 97.2 cm³/mol. The van der Waals surface area contributed by atoms with Crippen LogP contribution in [0.25, 0.3) is 10.9 Å². The van der Waals surface area contributed by atoms with Gasteiger partial charge in [-0.3, -0.25) is 15.0 Å². The minimum absolute atomic E-state index is 0.227. The van der Waals surface area contributed by atoms with Gasteiger partial charge in [0.1, 0.15) is 6.33 Å². The first-order valence-corrected chi connectivity index (χ1v) is 8.58. The van der Waals surface area contributed by atoms with Gasteiger partial charge >= 0.3 is 0 Å². The van der Waals surface area contributed by atoms with Crippen molar-refractivity contribution < 1.29 is 4.79 Å². The number of hydrogen-bond donors (Lipinski definition) is 1. The molecule has 5 heteroatoms. The summed E-state index contributed by atoms with van der Waals surface area (Å²) in [6.07, 6.45) is 6.26. The molecule has 1 amide bonds. The van der Waals surface area contributed by atoms with E-state index in [1.807, 2.05) is 12.1 Å². The maximum absolute atomic E-state index is 12.4. The summed E-state index contributed by atoms with van der Waals surface area (Å²) in [4.78, 5) is 29.0.